The van der Waals surface area contributed by atoms with Crippen LogP contribution in [0.4, 0.5) is 0 Å². The van der Waals surface area contributed by atoms with E-state index in [-0.39, 0.29) is 0 Å². The van der Waals surface area contributed by atoms with Crippen LogP contribution >= 0.6 is 0 Å². The van der Waals surface area contributed by atoms with Gasteiger partial charge >= 0.3 is 0 Å². The van der Waals surface area contributed by atoms with Crippen LogP contribution in [-0.4, -0.2) is 12.1 Å². The first-order valence-electron chi connectivity index (χ1n) is 8.19. The maximum atomic E-state index is 4.03. The van der Waals surface area contributed by atoms with Crippen molar-refractivity contribution in [3.05, 3.63) is 0 Å². The third-order valence-electron chi connectivity index (χ3n) is 6.52. The van der Waals surface area contributed by atoms with Crippen molar-refractivity contribution in [2.45, 2.75) is 76.3 Å². The van der Waals surface area contributed by atoms with E-state index >= 15 is 0 Å². The fraction of sp³-hybridized carbons (Fsp3) is 1.00. The average Bonchev–Trinajstić information content (AvgIpc) is 2.77. The molecule has 1 N–H and O–H groups in total. The van der Waals surface area contributed by atoms with E-state index in [0.29, 0.717) is 0 Å². The summed E-state index contributed by atoms with van der Waals surface area (Å²) in [6.07, 6.45) is 15.3. The van der Waals surface area contributed by atoms with Gasteiger partial charge in [-0.05, 0) is 55.8 Å². The predicted molar refractivity (Wildman–Crippen MR) is 70.8 cm³/mol. The zero-order valence-electron chi connectivity index (χ0n) is 11.0. The molecule has 0 aromatic carbocycles. The molecule has 1 aliphatic heterocycles. The van der Waals surface area contributed by atoms with Gasteiger partial charge in [0.1, 0.15) is 0 Å². The molecule has 3 saturated carbocycles. The molecule has 4 rings (SSSR count). The standard InChI is InChI=1S/C16H27N/c1-2-6-12-11(5-1)9-10-15-16(12)13-7-3-4-8-14(13)17-15/h11-17H,1-10H2. The largest absolute Gasteiger partial charge is 0.311 e. The number of hydrogen-bond donors (Lipinski definition) is 1. The van der Waals surface area contributed by atoms with Crippen LogP contribution in [0.5, 0.6) is 0 Å². The number of fused-ring (bicyclic) bond motifs is 5. The van der Waals surface area contributed by atoms with Crippen molar-refractivity contribution in [3.63, 3.8) is 0 Å². The summed E-state index contributed by atoms with van der Waals surface area (Å²) in [7, 11) is 0. The fourth-order valence-corrected chi connectivity index (χ4v) is 5.90. The second kappa shape index (κ2) is 4.26. The highest BCUT2D eigenvalue weighted by molar-refractivity contribution is 5.05. The van der Waals surface area contributed by atoms with Crippen molar-refractivity contribution in [2.24, 2.45) is 23.7 Å². The van der Waals surface area contributed by atoms with Gasteiger partial charge in [-0.3, -0.25) is 0 Å². The Morgan fingerprint density at radius 1 is 0.588 bits per heavy atom. The number of rotatable bonds is 0. The Bertz CT molecular complexity index is 285. The zero-order chi connectivity index (χ0) is 11.2. The second-order valence-corrected chi connectivity index (χ2v) is 7.19. The zero-order valence-corrected chi connectivity index (χ0v) is 11.0. The van der Waals surface area contributed by atoms with Crippen molar-refractivity contribution < 1.29 is 0 Å². The highest BCUT2D eigenvalue weighted by Gasteiger charge is 2.50. The normalized spacial score (nSPS) is 53.6. The maximum absolute atomic E-state index is 4.03. The summed E-state index contributed by atoms with van der Waals surface area (Å²) < 4.78 is 0. The monoisotopic (exact) mass is 233 g/mol. The smallest absolute Gasteiger partial charge is 0.0104 e. The Balaban J connectivity index is 1.59. The molecule has 1 saturated heterocycles. The average molecular weight is 233 g/mol. The minimum absolute atomic E-state index is 0.916. The van der Waals surface area contributed by atoms with Gasteiger partial charge < -0.3 is 5.32 Å². The highest BCUT2D eigenvalue weighted by Crippen LogP contribution is 2.52. The van der Waals surface area contributed by atoms with E-state index in [0.717, 1.165) is 35.8 Å². The van der Waals surface area contributed by atoms with Gasteiger partial charge in [-0.15, -0.1) is 0 Å². The van der Waals surface area contributed by atoms with Crippen molar-refractivity contribution in [3.8, 4) is 0 Å². The molecule has 0 spiro atoms. The molecule has 3 aliphatic carbocycles. The Morgan fingerprint density at radius 2 is 1.35 bits per heavy atom. The molecule has 0 amide bonds. The van der Waals surface area contributed by atoms with Crippen molar-refractivity contribution in [1.29, 1.82) is 0 Å². The van der Waals surface area contributed by atoms with Gasteiger partial charge in [0.25, 0.3) is 0 Å². The van der Waals surface area contributed by atoms with Crippen LogP contribution in [0.15, 0.2) is 0 Å². The Kier molecular flexibility index (Phi) is 2.72. The predicted octanol–water partition coefficient (Wildman–Crippen LogP) is 3.73. The molecule has 0 aromatic heterocycles. The van der Waals surface area contributed by atoms with Gasteiger partial charge in [0.15, 0.2) is 0 Å². The van der Waals surface area contributed by atoms with E-state index in [9.17, 15) is 0 Å². The number of hydrogen-bond acceptors (Lipinski definition) is 1. The molecule has 17 heavy (non-hydrogen) atoms. The highest BCUT2D eigenvalue weighted by atomic mass is 15.0. The lowest BCUT2D eigenvalue weighted by molar-refractivity contribution is 0.0639. The van der Waals surface area contributed by atoms with E-state index in [4.69, 9.17) is 0 Å². The first-order chi connectivity index (χ1) is 8.43. The number of nitrogens with one attached hydrogen (secondary N) is 1. The van der Waals surface area contributed by atoms with Gasteiger partial charge in [0.05, 0.1) is 0 Å². The maximum Gasteiger partial charge on any atom is 0.0104 e. The summed E-state index contributed by atoms with van der Waals surface area (Å²) in [5.74, 6) is 4.38. The molecule has 1 heterocycles. The van der Waals surface area contributed by atoms with Gasteiger partial charge in [-0.25, -0.2) is 0 Å². The molecular weight excluding hydrogens is 206 g/mol. The molecule has 1 nitrogen and oxygen atoms in total. The lowest BCUT2D eigenvalue weighted by atomic mass is 9.60. The summed E-state index contributed by atoms with van der Waals surface area (Å²) in [6.45, 7) is 0. The van der Waals surface area contributed by atoms with Crippen LogP contribution in [0.25, 0.3) is 0 Å². The molecule has 6 atom stereocenters. The lowest BCUT2D eigenvalue weighted by Crippen LogP contribution is -2.42. The third-order valence-corrected chi connectivity index (χ3v) is 6.52. The third kappa shape index (κ3) is 1.69. The summed E-state index contributed by atoms with van der Waals surface area (Å²) in [5.41, 5.74) is 0. The summed E-state index contributed by atoms with van der Waals surface area (Å²) in [6, 6.07) is 1.84. The summed E-state index contributed by atoms with van der Waals surface area (Å²) >= 11 is 0. The van der Waals surface area contributed by atoms with Crippen molar-refractivity contribution in [2.75, 3.05) is 0 Å². The van der Waals surface area contributed by atoms with Crippen LogP contribution in [-0.2, 0) is 0 Å². The quantitative estimate of drug-likeness (QED) is 0.672. The second-order valence-electron chi connectivity index (χ2n) is 7.19. The molecule has 0 radical (unpaired) electrons. The summed E-state index contributed by atoms with van der Waals surface area (Å²) in [5, 5.41) is 4.03. The molecular formula is C16H27N. The topological polar surface area (TPSA) is 12.0 Å². The lowest BCUT2D eigenvalue weighted by Gasteiger charge is -2.45. The Labute approximate surface area is 106 Å². The van der Waals surface area contributed by atoms with Gasteiger partial charge in [-0.1, -0.05) is 32.1 Å². The van der Waals surface area contributed by atoms with E-state index in [1.807, 2.05) is 0 Å². The Morgan fingerprint density at radius 3 is 2.29 bits per heavy atom. The van der Waals surface area contributed by atoms with Gasteiger partial charge in [0.2, 0.25) is 0 Å². The minimum atomic E-state index is 0.916. The van der Waals surface area contributed by atoms with E-state index < -0.39 is 0 Å². The first-order valence-corrected chi connectivity index (χ1v) is 8.19. The molecule has 96 valence electrons. The van der Waals surface area contributed by atoms with Gasteiger partial charge in [0, 0.05) is 12.1 Å². The first kappa shape index (κ1) is 10.8. The minimum Gasteiger partial charge on any atom is -0.311 e. The van der Waals surface area contributed by atoms with E-state index in [2.05, 4.69) is 5.32 Å². The van der Waals surface area contributed by atoms with E-state index in [1.165, 1.54) is 44.9 Å². The molecule has 1 heteroatoms. The SMILES string of the molecule is C1CCC2C(C1)CCC1NC3CCCCC3C12. The molecule has 6 unspecified atom stereocenters. The molecule has 0 aromatic rings. The molecule has 4 aliphatic rings. The fourth-order valence-electron chi connectivity index (χ4n) is 5.90. The molecule has 4 fully saturated rings. The van der Waals surface area contributed by atoms with Crippen LogP contribution in [0.1, 0.15) is 64.2 Å². The summed E-state index contributed by atoms with van der Waals surface area (Å²) in [4.78, 5) is 0. The molecule has 0 bridgehead atoms. The van der Waals surface area contributed by atoms with Crippen LogP contribution in [0.2, 0.25) is 0 Å². The van der Waals surface area contributed by atoms with E-state index in [1.54, 1.807) is 19.3 Å². The van der Waals surface area contributed by atoms with Gasteiger partial charge in [-0.2, -0.15) is 0 Å². The van der Waals surface area contributed by atoms with Crippen LogP contribution < -0.4 is 5.32 Å². The van der Waals surface area contributed by atoms with Crippen LogP contribution in [0.3, 0.4) is 0 Å². The van der Waals surface area contributed by atoms with Crippen molar-refractivity contribution >= 4 is 0 Å². The Hall–Kier alpha value is -0.0400. The van der Waals surface area contributed by atoms with Crippen molar-refractivity contribution in [1.82, 2.24) is 5.32 Å². The van der Waals surface area contributed by atoms with Crippen LogP contribution in [0, 0.1) is 23.7 Å².